The van der Waals surface area contributed by atoms with Crippen LogP contribution in [0.25, 0.3) is 0 Å². The molecule has 6 heteroatoms. The van der Waals surface area contributed by atoms with Gasteiger partial charge in [0.1, 0.15) is 5.54 Å². The molecular formula is C16H22FNO4. The van der Waals surface area contributed by atoms with Crippen molar-refractivity contribution in [1.29, 1.82) is 0 Å². The van der Waals surface area contributed by atoms with Crippen molar-refractivity contribution in [3.63, 3.8) is 0 Å². The van der Waals surface area contributed by atoms with E-state index in [1.807, 2.05) is 6.92 Å². The van der Waals surface area contributed by atoms with Gasteiger partial charge in [0, 0.05) is 0 Å². The average molecular weight is 311 g/mol. The van der Waals surface area contributed by atoms with E-state index in [2.05, 4.69) is 5.32 Å². The monoisotopic (exact) mass is 311 g/mol. The van der Waals surface area contributed by atoms with Gasteiger partial charge in [0.2, 0.25) is 5.91 Å². The molecule has 1 unspecified atom stereocenters. The van der Waals surface area contributed by atoms with E-state index < -0.39 is 17.3 Å². The zero-order valence-electron chi connectivity index (χ0n) is 13.4. The summed E-state index contributed by atoms with van der Waals surface area (Å²) in [5.41, 5.74) is -0.578. The lowest BCUT2D eigenvalue weighted by atomic mass is 9.95. The SMILES string of the molecule is CCCC(C)(NC(=O)Cc1ccc(OC)c(F)c1)C(=O)OC. The van der Waals surface area contributed by atoms with E-state index in [1.54, 1.807) is 13.0 Å². The second-order valence-electron chi connectivity index (χ2n) is 5.27. The molecule has 0 aliphatic rings. The maximum atomic E-state index is 13.6. The molecule has 0 spiro atoms. The molecule has 0 saturated heterocycles. The Morgan fingerprint density at radius 2 is 2.00 bits per heavy atom. The summed E-state index contributed by atoms with van der Waals surface area (Å²) in [6, 6.07) is 4.31. The fourth-order valence-electron chi connectivity index (χ4n) is 2.30. The highest BCUT2D eigenvalue weighted by Crippen LogP contribution is 2.19. The van der Waals surface area contributed by atoms with Crippen molar-refractivity contribution >= 4 is 11.9 Å². The fraction of sp³-hybridized carbons (Fsp3) is 0.500. The van der Waals surface area contributed by atoms with Gasteiger partial charge >= 0.3 is 5.97 Å². The summed E-state index contributed by atoms with van der Waals surface area (Å²) in [5, 5.41) is 2.67. The largest absolute Gasteiger partial charge is 0.494 e. The summed E-state index contributed by atoms with van der Waals surface area (Å²) in [6.45, 7) is 3.53. The third kappa shape index (κ3) is 4.44. The third-order valence-corrected chi connectivity index (χ3v) is 3.38. The van der Waals surface area contributed by atoms with Crippen LogP contribution in [-0.4, -0.2) is 31.6 Å². The molecule has 1 aromatic carbocycles. The summed E-state index contributed by atoms with van der Waals surface area (Å²) in [5.74, 6) is -1.28. The zero-order valence-corrected chi connectivity index (χ0v) is 13.4. The Morgan fingerprint density at radius 1 is 1.32 bits per heavy atom. The zero-order chi connectivity index (χ0) is 16.8. The topological polar surface area (TPSA) is 64.6 Å². The van der Waals surface area contributed by atoms with E-state index in [0.717, 1.165) is 0 Å². The van der Waals surface area contributed by atoms with Crippen molar-refractivity contribution in [1.82, 2.24) is 5.32 Å². The van der Waals surface area contributed by atoms with Crippen molar-refractivity contribution < 1.29 is 23.5 Å². The van der Waals surface area contributed by atoms with Crippen LogP contribution in [0.1, 0.15) is 32.3 Å². The molecule has 22 heavy (non-hydrogen) atoms. The average Bonchev–Trinajstić information content (AvgIpc) is 2.46. The van der Waals surface area contributed by atoms with Crippen molar-refractivity contribution in [2.24, 2.45) is 0 Å². The van der Waals surface area contributed by atoms with Gasteiger partial charge in [-0.3, -0.25) is 4.79 Å². The molecule has 1 N–H and O–H groups in total. The number of benzene rings is 1. The molecule has 0 aliphatic carbocycles. The summed E-state index contributed by atoms with van der Waals surface area (Å²) in [6.07, 6.45) is 1.14. The van der Waals surface area contributed by atoms with Crippen LogP contribution in [0.15, 0.2) is 18.2 Å². The molecule has 1 atom stereocenters. The first-order valence-electron chi connectivity index (χ1n) is 7.08. The van der Waals surface area contributed by atoms with Crippen molar-refractivity contribution in [2.45, 2.75) is 38.6 Å². The Labute approximate surface area is 129 Å². The van der Waals surface area contributed by atoms with E-state index in [0.29, 0.717) is 18.4 Å². The Balaban J connectivity index is 2.79. The lowest BCUT2D eigenvalue weighted by Gasteiger charge is -2.27. The molecule has 0 heterocycles. The van der Waals surface area contributed by atoms with Crippen LogP contribution in [0.2, 0.25) is 0 Å². The molecule has 5 nitrogen and oxygen atoms in total. The predicted octanol–water partition coefficient (Wildman–Crippen LogP) is 2.22. The number of esters is 1. The van der Waals surface area contributed by atoms with Gasteiger partial charge in [-0.1, -0.05) is 19.4 Å². The number of hydrogen-bond acceptors (Lipinski definition) is 4. The van der Waals surface area contributed by atoms with Crippen molar-refractivity contribution in [2.75, 3.05) is 14.2 Å². The van der Waals surface area contributed by atoms with Gasteiger partial charge in [0.05, 0.1) is 20.6 Å². The van der Waals surface area contributed by atoms with Crippen LogP contribution in [0, 0.1) is 5.82 Å². The Bertz CT molecular complexity index is 547. The van der Waals surface area contributed by atoms with E-state index in [1.165, 1.54) is 26.4 Å². The lowest BCUT2D eigenvalue weighted by molar-refractivity contribution is -0.150. The third-order valence-electron chi connectivity index (χ3n) is 3.38. The number of rotatable bonds is 7. The highest BCUT2D eigenvalue weighted by Gasteiger charge is 2.34. The molecule has 1 rings (SSSR count). The molecule has 0 bridgehead atoms. The number of ether oxygens (including phenoxy) is 2. The molecule has 122 valence electrons. The quantitative estimate of drug-likeness (QED) is 0.784. The first-order chi connectivity index (χ1) is 10.4. The van der Waals surface area contributed by atoms with Crippen LogP contribution in [0.3, 0.4) is 0 Å². The summed E-state index contributed by atoms with van der Waals surface area (Å²) < 4.78 is 23.2. The van der Waals surface area contributed by atoms with Crippen molar-refractivity contribution in [3.05, 3.63) is 29.6 Å². The van der Waals surface area contributed by atoms with Gasteiger partial charge in [0.15, 0.2) is 11.6 Å². The standard InChI is InChI=1S/C16H22FNO4/c1-5-8-16(2,15(20)22-4)18-14(19)10-11-6-7-13(21-3)12(17)9-11/h6-7,9H,5,8,10H2,1-4H3,(H,18,19). The normalized spacial score (nSPS) is 13.1. The van der Waals surface area contributed by atoms with Gasteiger partial charge < -0.3 is 14.8 Å². The molecule has 0 saturated carbocycles. The summed E-state index contributed by atoms with van der Waals surface area (Å²) >= 11 is 0. The number of carbonyl (C=O) groups is 2. The van der Waals surface area contributed by atoms with Crippen molar-refractivity contribution in [3.8, 4) is 5.75 Å². The highest BCUT2D eigenvalue weighted by molar-refractivity contribution is 5.88. The van der Waals surface area contributed by atoms with E-state index in [4.69, 9.17) is 9.47 Å². The first kappa shape index (κ1) is 17.9. The molecule has 0 aromatic heterocycles. The van der Waals surface area contributed by atoms with Crippen LogP contribution in [-0.2, 0) is 20.7 Å². The van der Waals surface area contributed by atoms with E-state index in [-0.39, 0.29) is 18.1 Å². The Morgan fingerprint density at radius 3 is 2.50 bits per heavy atom. The Kier molecular flexibility index (Phi) is 6.34. The predicted molar refractivity (Wildman–Crippen MR) is 80.1 cm³/mol. The molecule has 1 amide bonds. The van der Waals surface area contributed by atoms with Gasteiger partial charge in [-0.2, -0.15) is 0 Å². The van der Waals surface area contributed by atoms with Crippen LogP contribution >= 0.6 is 0 Å². The van der Waals surface area contributed by atoms with Gasteiger partial charge in [-0.15, -0.1) is 0 Å². The first-order valence-corrected chi connectivity index (χ1v) is 7.08. The minimum absolute atomic E-state index is 0.0305. The second-order valence-corrected chi connectivity index (χ2v) is 5.27. The molecule has 0 fully saturated rings. The maximum Gasteiger partial charge on any atom is 0.331 e. The molecular weight excluding hydrogens is 289 g/mol. The number of halogens is 1. The number of hydrogen-bond donors (Lipinski definition) is 1. The summed E-state index contributed by atoms with van der Waals surface area (Å²) in [4.78, 5) is 24.0. The fourth-order valence-corrected chi connectivity index (χ4v) is 2.30. The van der Waals surface area contributed by atoms with E-state index >= 15 is 0 Å². The van der Waals surface area contributed by atoms with Gasteiger partial charge in [0.25, 0.3) is 0 Å². The summed E-state index contributed by atoms with van der Waals surface area (Å²) in [7, 11) is 2.65. The number of amides is 1. The minimum atomic E-state index is -1.08. The highest BCUT2D eigenvalue weighted by atomic mass is 19.1. The van der Waals surface area contributed by atoms with Crippen LogP contribution in [0.5, 0.6) is 5.75 Å². The number of nitrogens with one attached hydrogen (secondary N) is 1. The number of methoxy groups -OCH3 is 2. The lowest BCUT2D eigenvalue weighted by Crippen LogP contribution is -2.53. The van der Waals surface area contributed by atoms with Crippen LogP contribution in [0.4, 0.5) is 4.39 Å². The maximum absolute atomic E-state index is 13.6. The van der Waals surface area contributed by atoms with Gasteiger partial charge in [-0.25, -0.2) is 9.18 Å². The molecule has 0 aliphatic heterocycles. The smallest absolute Gasteiger partial charge is 0.331 e. The minimum Gasteiger partial charge on any atom is -0.494 e. The number of carbonyl (C=O) groups excluding carboxylic acids is 2. The van der Waals surface area contributed by atoms with E-state index in [9.17, 15) is 14.0 Å². The molecule has 0 radical (unpaired) electrons. The van der Waals surface area contributed by atoms with Gasteiger partial charge in [-0.05, 0) is 31.0 Å². The van der Waals surface area contributed by atoms with Crippen LogP contribution < -0.4 is 10.1 Å². The second kappa shape index (κ2) is 7.77. The molecule has 1 aromatic rings. The Hall–Kier alpha value is -2.11.